The standard InChI is InChI=1S/C20H19ClN4O2S/c21-16-6-5-13(28-16)11-24-7-9-25(10-8-24)12-17-22-18-14-3-1-2-4-15(14)27-19(18)20(26)23-17/h1-6H,7-12H2,(H,22,23,26). The molecule has 1 aliphatic heterocycles. The quantitative estimate of drug-likeness (QED) is 0.551. The van der Waals surface area contributed by atoms with Crippen LogP contribution in [-0.4, -0.2) is 45.9 Å². The molecule has 1 aliphatic rings. The molecule has 8 heteroatoms. The van der Waals surface area contributed by atoms with Gasteiger partial charge in [-0.15, -0.1) is 11.3 Å². The molecule has 28 heavy (non-hydrogen) atoms. The Morgan fingerprint density at radius 1 is 1.07 bits per heavy atom. The van der Waals surface area contributed by atoms with Crippen molar-refractivity contribution in [2.75, 3.05) is 26.2 Å². The summed E-state index contributed by atoms with van der Waals surface area (Å²) in [5.41, 5.74) is 1.41. The second kappa shape index (κ2) is 7.33. The minimum atomic E-state index is -0.218. The van der Waals surface area contributed by atoms with Crippen molar-refractivity contribution >= 4 is 45.0 Å². The van der Waals surface area contributed by atoms with Crippen LogP contribution in [0.25, 0.3) is 22.1 Å². The highest BCUT2D eigenvalue weighted by molar-refractivity contribution is 7.16. The van der Waals surface area contributed by atoms with Crippen molar-refractivity contribution in [1.29, 1.82) is 0 Å². The predicted octanol–water partition coefficient (Wildman–Crippen LogP) is 3.70. The van der Waals surface area contributed by atoms with E-state index in [1.165, 1.54) is 4.88 Å². The average Bonchev–Trinajstić information content (AvgIpc) is 3.27. The molecule has 4 aromatic rings. The lowest BCUT2D eigenvalue weighted by Gasteiger charge is -2.34. The number of hydrogen-bond donors (Lipinski definition) is 1. The van der Waals surface area contributed by atoms with E-state index in [0.29, 0.717) is 29.1 Å². The van der Waals surface area contributed by atoms with Crippen LogP contribution in [0.1, 0.15) is 10.7 Å². The number of aromatic amines is 1. The molecule has 4 heterocycles. The number of para-hydroxylation sites is 1. The van der Waals surface area contributed by atoms with Gasteiger partial charge in [0.25, 0.3) is 5.56 Å². The summed E-state index contributed by atoms with van der Waals surface area (Å²) in [5, 5.41) is 0.879. The third-order valence-corrected chi connectivity index (χ3v) is 6.34. The van der Waals surface area contributed by atoms with Gasteiger partial charge in [0.05, 0.1) is 10.9 Å². The Hall–Kier alpha value is -2.19. The highest BCUT2D eigenvalue weighted by Crippen LogP contribution is 2.25. The van der Waals surface area contributed by atoms with Gasteiger partial charge in [-0.3, -0.25) is 14.6 Å². The molecule has 0 saturated carbocycles. The van der Waals surface area contributed by atoms with Crippen LogP contribution in [0.15, 0.2) is 45.6 Å². The Balaban J connectivity index is 1.29. The fourth-order valence-electron chi connectivity index (χ4n) is 3.70. The molecule has 1 N–H and O–H groups in total. The van der Waals surface area contributed by atoms with Crippen LogP contribution in [0.2, 0.25) is 4.34 Å². The number of halogens is 1. The van der Waals surface area contributed by atoms with E-state index in [0.717, 1.165) is 42.4 Å². The maximum absolute atomic E-state index is 12.4. The molecule has 144 valence electrons. The molecule has 3 aromatic heterocycles. The molecule has 6 nitrogen and oxygen atoms in total. The molecule has 1 aromatic carbocycles. The summed E-state index contributed by atoms with van der Waals surface area (Å²) in [4.78, 5) is 26.1. The van der Waals surface area contributed by atoms with Crippen molar-refractivity contribution in [2.45, 2.75) is 13.1 Å². The first kappa shape index (κ1) is 17.9. The van der Waals surface area contributed by atoms with Crippen LogP contribution in [0.5, 0.6) is 0 Å². The van der Waals surface area contributed by atoms with Crippen LogP contribution in [-0.2, 0) is 13.1 Å². The van der Waals surface area contributed by atoms with E-state index in [-0.39, 0.29) is 5.56 Å². The van der Waals surface area contributed by atoms with E-state index < -0.39 is 0 Å². The number of benzene rings is 1. The average molecular weight is 415 g/mol. The van der Waals surface area contributed by atoms with E-state index in [1.54, 1.807) is 11.3 Å². The summed E-state index contributed by atoms with van der Waals surface area (Å²) in [6, 6.07) is 11.7. The summed E-state index contributed by atoms with van der Waals surface area (Å²) in [7, 11) is 0. The number of thiophene rings is 1. The summed E-state index contributed by atoms with van der Waals surface area (Å²) in [5.74, 6) is 0.683. The molecule has 0 radical (unpaired) electrons. The molecule has 1 saturated heterocycles. The minimum Gasteiger partial charge on any atom is -0.449 e. The van der Waals surface area contributed by atoms with E-state index in [1.807, 2.05) is 30.3 Å². The molecular formula is C20H19ClN4O2S. The summed E-state index contributed by atoms with van der Waals surface area (Å²) < 4.78 is 6.50. The summed E-state index contributed by atoms with van der Waals surface area (Å²) in [6.45, 7) is 5.41. The highest BCUT2D eigenvalue weighted by atomic mass is 35.5. The first-order valence-electron chi connectivity index (χ1n) is 9.25. The Morgan fingerprint density at radius 2 is 1.82 bits per heavy atom. The van der Waals surface area contributed by atoms with Gasteiger partial charge in [-0.05, 0) is 24.3 Å². The van der Waals surface area contributed by atoms with E-state index in [4.69, 9.17) is 21.0 Å². The third-order valence-electron chi connectivity index (χ3n) is 5.13. The maximum atomic E-state index is 12.4. The van der Waals surface area contributed by atoms with Gasteiger partial charge in [0, 0.05) is 43.0 Å². The van der Waals surface area contributed by atoms with Crippen LogP contribution in [0.3, 0.4) is 0 Å². The van der Waals surface area contributed by atoms with Gasteiger partial charge in [-0.1, -0.05) is 23.7 Å². The lowest BCUT2D eigenvalue weighted by Crippen LogP contribution is -2.45. The molecule has 0 bridgehead atoms. The number of aromatic nitrogens is 2. The van der Waals surface area contributed by atoms with Crippen LogP contribution >= 0.6 is 22.9 Å². The lowest BCUT2D eigenvalue weighted by atomic mass is 10.2. The van der Waals surface area contributed by atoms with Crippen molar-refractivity contribution in [3.63, 3.8) is 0 Å². The maximum Gasteiger partial charge on any atom is 0.294 e. The van der Waals surface area contributed by atoms with E-state index in [2.05, 4.69) is 20.9 Å². The zero-order valence-electron chi connectivity index (χ0n) is 15.2. The largest absolute Gasteiger partial charge is 0.449 e. The van der Waals surface area contributed by atoms with Crippen molar-refractivity contribution in [3.05, 3.63) is 61.8 Å². The fraction of sp³-hybridized carbons (Fsp3) is 0.300. The van der Waals surface area contributed by atoms with Gasteiger partial charge < -0.3 is 9.40 Å². The zero-order valence-corrected chi connectivity index (χ0v) is 16.7. The Kier molecular flexibility index (Phi) is 4.68. The number of piperazine rings is 1. The molecule has 5 rings (SSSR count). The topological polar surface area (TPSA) is 65.4 Å². The monoisotopic (exact) mass is 414 g/mol. The fourth-order valence-corrected chi connectivity index (χ4v) is 4.83. The Morgan fingerprint density at radius 3 is 2.57 bits per heavy atom. The van der Waals surface area contributed by atoms with Crippen LogP contribution in [0, 0.1) is 0 Å². The normalized spacial score (nSPS) is 16.3. The smallest absolute Gasteiger partial charge is 0.294 e. The molecule has 0 amide bonds. The number of hydrogen-bond acceptors (Lipinski definition) is 6. The van der Waals surface area contributed by atoms with Gasteiger partial charge >= 0.3 is 0 Å². The van der Waals surface area contributed by atoms with Gasteiger partial charge in [0.15, 0.2) is 0 Å². The van der Waals surface area contributed by atoms with Gasteiger partial charge in [0.2, 0.25) is 5.58 Å². The minimum absolute atomic E-state index is 0.218. The lowest BCUT2D eigenvalue weighted by molar-refractivity contribution is 0.120. The van der Waals surface area contributed by atoms with Crippen molar-refractivity contribution < 1.29 is 4.42 Å². The first-order chi connectivity index (χ1) is 13.7. The van der Waals surface area contributed by atoms with E-state index >= 15 is 0 Å². The number of H-pyrrole nitrogens is 1. The number of rotatable bonds is 4. The number of nitrogens with one attached hydrogen (secondary N) is 1. The molecule has 0 aliphatic carbocycles. The Labute approximate surface area is 170 Å². The zero-order chi connectivity index (χ0) is 19.1. The van der Waals surface area contributed by atoms with Gasteiger partial charge in [-0.25, -0.2) is 4.98 Å². The molecule has 0 spiro atoms. The number of fused-ring (bicyclic) bond motifs is 3. The van der Waals surface area contributed by atoms with Crippen LogP contribution < -0.4 is 5.56 Å². The van der Waals surface area contributed by atoms with Crippen molar-refractivity contribution in [3.8, 4) is 0 Å². The second-order valence-corrected chi connectivity index (χ2v) is 8.85. The summed E-state index contributed by atoms with van der Waals surface area (Å²) >= 11 is 7.66. The predicted molar refractivity (Wildman–Crippen MR) is 112 cm³/mol. The van der Waals surface area contributed by atoms with Crippen molar-refractivity contribution in [2.24, 2.45) is 0 Å². The van der Waals surface area contributed by atoms with E-state index in [9.17, 15) is 4.79 Å². The first-order valence-corrected chi connectivity index (χ1v) is 10.4. The molecule has 0 unspecified atom stereocenters. The molecular weight excluding hydrogens is 396 g/mol. The number of furan rings is 1. The Bertz CT molecular complexity index is 1190. The summed E-state index contributed by atoms with van der Waals surface area (Å²) in [6.07, 6.45) is 0. The van der Waals surface area contributed by atoms with Gasteiger partial charge in [-0.2, -0.15) is 0 Å². The molecule has 1 fully saturated rings. The SMILES string of the molecule is O=c1[nH]c(CN2CCN(Cc3ccc(Cl)s3)CC2)nc2c1oc1ccccc12. The third kappa shape index (κ3) is 3.46. The van der Waals surface area contributed by atoms with Gasteiger partial charge in [0.1, 0.15) is 16.9 Å². The van der Waals surface area contributed by atoms with Crippen molar-refractivity contribution in [1.82, 2.24) is 19.8 Å². The second-order valence-electron chi connectivity index (χ2n) is 7.05. The number of nitrogens with zero attached hydrogens (tertiary/aromatic N) is 3. The molecule has 0 atom stereocenters. The van der Waals surface area contributed by atoms with Crippen LogP contribution in [0.4, 0.5) is 0 Å². The highest BCUT2D eigenvalue weighted by Gasteiger charge is 2.20.